The van der Waals surface area contributed by atoms with E-state index < -0.39 is 17.4 Å². The first kappa shape index (κ1) is 26.6. The molecule has 0 bridgehead atoms. The highest BCUT2D eigenvalue weighted by Gasteiger charge is 2.39. The summed E-state index contributed by atoms with van der Waals surface area (Å²) in [6.45, 7) is 1.90. The molecule has 0 fully saturated rings. The maximum Gasteiger partial charge on any atom is 0.303 e. The van der Waals surface area contributed by atoms with Crippen LogP contribution < -0.4 is 5.56 Å². The predicted molar refractivity (Wildman–Crippen MR) is 153 cm³/mol. The zero-order chi connectivity index (χ0) is 28.7. The number of fused-ring (bicyclic) bond motifs is 2. The Bertz CT molecular complexity index is 1900. The van der Waals surface area contributed by atoms with E-state index >= 15 is 0 Å². The maximum atomic E-state index is 13.7. The Morgan fingerprint density at radius 1 is 1.10 bits per heavy atom. The number of aliphatic carboxylic acids is 1. The first-order valence-electron chi connectivity index (χ1n) is 13.1. The fourth-order valence-electron chi connectivity index (χ4n) is 5.05. The summed E-state index contributed by atoms with van der Waals surface area (Å²) in [6.07, 6.45) is 1.79. The number of aromatic nitrogens is 4. The molecule has 1 aliphatic rings. The normalized spacial score (nSPS) is 16.7. The highest BCUT2D eigenvalue weighted by molar-refractivity contribution is 6.31. The van der Waals surface area contributed by atoms with Crippen molar-refractivity contribution in [1.29, 1.82) is 0 Å². The molecule has 0 amide bonds. The Labute approximate surface area is 238 Å². The summed E-state index contributed by atoms with van der Waals surface area (Å²) in [7, 11) is 0. The Balaban J connectivity index is 1.34. The zero-order valence-electron chi connectivity index (χ0n) is 22.0. The number of aromatic amines is 1. The number of rotatable bonds is 8. The molecule has 2 aromatic heterocycles. The summed E-state index contributed by atoms with van der Waals surface area (Å²) < 4.78 is 15.1. The fourth-order valence-corrected chi connectivity index (χ4v) is 5.22. The molecule has 5 aromatic rings. The molecule has 3 heterocycles. The second kappa shape index (κ2) is 10.4. The largest absolute Gasteiger partial charge is 0.481 e. The molecule has 0 spiro atoms. The van der Waals surface area contributed by atoms with Crippen LogP contribution in [0, 0.1) is 5.82 Å². The van der Waals surface area contributed by atoms with Crippen LogP contribution in [0.3, 0.4) is 0 Å². The van der Waals surface area contributed by atoms with Gasteiger partial charge in [0, 0.05) is 29.8 Å². The summed E-state index contributed by atoms with van der Waals surface area (Å²) in [5, 5.41) is 14.4. The number of benzene rings is 3. The number of hydrogen-bond donors (Lipinski definition) is 2. The molecular weight excluding hydrogens is 549 g/mol. The Morgan fingerprint density at radius 2 is 1.90 bits per heavy atom. The van der Waals surface area contributed by atoms with Crippen LogP contribution in [0.2, 0.25) is 5.02 Å². The van der Waals surface area contributed by atoms with E-state index in [1.165, 1.54) is 28.8 Å². The molecule has 41 heavy (non-hydrogen) atoms. The van der Waals surface area contributed by atoms with Crippen LogP contribution in [0.25, 0.3) is 27.6 Å². The molecule has 0 saturated heterocycles. The van der Waals surface area contributed by atoms with Gasteiger partial charge in [0.05, 0.1) is 33.3 Å². The van der Waals surface area contributed by atoms with Crippen molar-refractivity contribution in [2.45, 2.75) is 44.6 Å². The standard InChI is InChI=1S/C30H25ClFN5O4/c1-30(29-34-22-13-7-18(31)15-24(22)35-29)16-25(36-41-30)17-6-12-21-23(14-17)33-26(4-2-3-5-27(38)39)37(28(21)40)20-10-8-19(32)9-11-20/h6-15H,2-5,16H2,1H3,(H,34,35)(H,38,39)/t30-/m1/s1. The van der Waals surface area contributed by atoms with Crippen molar-refractivity contribution >= 4 is 45.2 Å². The number of oxime groups is 1. The minimum atomic E-state index is -0.880. The van der Waals surface area contributed by atoms with Crippen LogP contribution in [-0.4, -0.2) is 36.3 Å². The molecule has 6 rings (SSSR count). The average Bonchev–Trinajstić information content (AvgIpc) is 3.56. The van der Waals surface area contributed by atoms with E-state index in [4.69, 9.17) is 26.5 Å². The number of H-pyrrole nitrogens is 1. The number of imidazole rings is 1. The number of aryl methyl sites for hydroxylation is 1. The van der Waals surface area contributed by atoms with Gasteiger partial charge in [-0.25, -0.2) is 14.4 Å². The first-order chi connectivity index (χ1) is 19.7. The molecule has 11 heteroatoms. The Morgan fingerprint density at radius 3 is 2.68 bits per heavy atom. The number of nitrogens with one attached hydrogen (secondary N) is 1. The molecule has 208 valence electrons. The van der Waals surface area contributed by atoms with Crippen molar-refractivity contribution < 1.29 is 19.1 Å². The van der Waals surface area contributed by atoms with Crippen LogP contribution in [0.4, 0.5) is 4.39 Å². The van der Waals surface area contributed by atoms with E-state index in [2.05, 4.69) is 15.1 Å². The van der Waals surface area contributed by atoms with E-state index in [1.54, 1.807) is 30.3 Å². The van der Waals surface area contributed by atoms with E-state index in [1.807, 2.05) is 13.0 Å². The van der Waals surface area contributed by atoms with Crippen molar-refractivity contribution in [3.63, 3.8) is 0 Å². The second-order valence-electron chi connectivity index (χ2n) is 10.3. The van der Waals surface area contributed by atoms with Gasteiger partial charge in [-0.15, -0.1) is 0 Å². The van der Waals surface area contributed by atoms with Gasteiger partial charge < -0.3 is 14.9 Å². The van der Waals surface area contributed by atoms with Gasteiger partial charge in [-0.1, -0.05) is 22.8 Å². The topological polar surface area (TPSA) is 122 Å². The van der Waals surface area contributed by atoms with Crippen LogP contribution in [-0.2, 0) is 21.7 Å². The number of halogens is 2. The first-order valence-corrected chi connectivity index (χ1v) is 13.5. The quantitative estimate of drug-likeness (QED) is 0.223. The van der Waals surface area contributed by atoms with Crippen molar-refractivity contribution in [3.05, 3.63) is 99.1 Å². The molecule has 0 unspecified atom stereocenters. The molecular formula is C30H25ClFN5O4. The van der Waals surface area contributed by atoms with Crippen molar-refractivity contribution in [3.8, 4) is 5.69 Å². The van der Waals surface area contributed by atoms with Crippen molar-refractivity contribution in [2.75, 3.05) is 0 Å². The number of carbonyl (C=O) groups is 1. The molecule has 2 N–H and O–H groups in total. The van der Waals surface area contributed by atoms with Crippen molar-refractivity contribution in [1.82, 2.24) is 19.5 Å². The average molecular weight is 574 g/mol. The van der Waals surface area contributed by atoms with Crippen LogP contribution in [0.5, 0.6) is 0 Å². The highest BCUT2D eigenvalue weighted by atomic mass is 35.5. The van der Waals surface area contributed by atoms with E-state index in [0.29, 0.717) is 64.7 Å². The fraction of sp³-hybridized carbons (Fsp3) is 0.233. The number of unbranched alkanes of at least 4 members (excludes halogenated alkanes) is 1. The van der Waals surface area contributed by atoms with E-state index in [9.17, 15) is 14.0 Å². The van der Waals surface area contributed by atoms with Gasteiger partial charge in [0.1, 0.15) is 11.6 Å². The number of carboxylic acids is 1. The molecule has 9 nitrogen and oxygen atoms in total. The summed E-state index contributed by atoms with van der Waals surface area (Å²) in [4.78, 5) is 43.3. The Kier molecular flexibility index (Phi) is 6.78. The molecule has 0 saturated carbocycles. The van der Waals surface area contributed by atoms with Crippen LogP contribution >= 0.6 is 11.6 Å². The molecule has 1 atom stereocenters. The second-order valence-corrected chi connectivity index (χ2v) is 10.7. The number of carboxylic acid groups (broad SMARTS) is 1. The van der Waals surface area contributed by atoms with Gasteiger partial charge >= 0.3 is 5.97 Å². The zero-order valence-corrected chi connectivity index (χ0v) is 22.8. The SMILES string of the molecule is C[C@]1(c2nc3ccc(Cl)cc3[nH]2)CC(c2ccc3c(=O)n(-c4ccc(F)cc4)c(CCCCC(=O)O)nc3c2)=NO1. The third-order valence-corrected chi connectivity index (χ3v) is 7.44. The van der Waals surface area contributed by atoms with E-state index in [-0.39, 0.29) is 12.0 Å². The lowest BCUT2D eigenvalue weighted by molar-refractivity contribution is -0.137. The smallest absolute Gasteiger partial charge is 0.303 e. The van der Waals surface area contributed by atoms with E-state index in [0.717, 1.165) is 16.6 Å². The summed E-state index contributed by atoms with van der Waals surface area (Å²) >= 11 is 6.12. The molecule has 3 aromatic carbocycles. The molecule has 0 aliphatic carbocycles. The van der Waals surface area contributed by atoms with Gasteiger partial charge in [-0.05, 0) is 74.4 Å². The number of hydrogen-bond acceptors (Lipinski definition) is 6. The highest BCUT2D eigenvalue weighted by Crippen LogP contribution is 2.36. The summed E-state index contributed by atoms with van der Waals surface area (Å²) in [5.74, 6) is -0.207. The third kappa shape index (κ3) is 5.18. The maximum absolute atomic E-state index is 13.7. The molecule has 0 radical (unpaired) electrons. The van der Waals surface area contributed by atoms with Crippen molar-refractivity contribution in [2.24, 2.45) is 5.16 Å². The van der Waals surface area contributed by atoms with Gasteiger partial charge in [0.25, 0.3) is 5.56 Å². The Hall–Kier alpha value is -4.57. The monoisotopic (exact) mass is 573 g/mol. The lowest BCUT2D eigenvalue weighted by Gasteiger charge is -2.18. The third-order valence-electron chi connectivity index (χ3n) is 7.20. The molecule has 1 aliphatic heterocycles. The predicted octanol–water partition coefficient (Wildman–Crippen LogP) is 5.89. The van der Waals surface area contributed by atoms with Gasteiger partial charge in [-0.3, -0.25) is 14.2 Å². The summed E-state index contributed by atoms with van der Waals surface area (Å²) in [5.41, 5.74) is 2.85. The van der Waals surface area contributed by atoms with Gasteiger partial charge in [0.15, 0.2) is 11.4 Å². The van der Waals surface area contributed by atoms with Gasteiger partial charge in [0.2, 0.25) is 0 Å². The lowest BCUT2D eigenvalue weighted by atomic mass is 9.95. The minimum absolute atomic E-state index is 0.0232. The van der Waals surface area contributed by atoms with Crippen LogP contribution in [0.1, 0.15) is 49.8 Å². The lowest BCUT2D eigenvalue weighted by Crippen LogP contribution is -2.25. The van der Waals surface area contributed by atoms with Gasteiger partial charge in [-0.2, -0.15) is 0 Å². The van der Waals surface area contributed by atoms with Crippen LogP contribution in [0.15, 0.2) is 70.6 Å². The minimum Gasteiger partial charge on any atom is -0.481 e. The summed E-state index contributed by atoms with van der Waals surface area (Å²) in [6, 6.07) is 16.4. The number of nitrogens with zero attached hydrogens (tertiary/aromatic N) is 4.